The summed E-state index contributed by atoms with van der Waals surface area (Å²) >= 11 is 1.51. The zero-order valence-corrected chi connectivity index (χ0v) is 40.3. The molecule has 14 nitrogen and oxygen atoms in total. The van der Waals surface area contributed by atoms with Crippen LogP contribution in [-0.2, 0) is 39.9 Å². The first-order chi connectivity index (χ1) is 29.6. The number of unbranched alkanes of at least 4 members (excludes halogenated alkanes) is 3. The summed E-state index contributed by atoms with van der Waals surface area (Å²) in [6.45, 7) is 15.7. The number of carbonyl (C=O) groups is 4. The standard InChI is InChI=1S/C47H79N7O7S/c1-12-33(6)42(53(9)47(58)40(31(2)3)51-45(57)41(32(4)5)52(8)25-18-13-14-19-27-61-48)38(59-10)30-39(55)54-26-20-23-37(54)43(60-11)34(7)44(56)50-36(46-49-24-28-62-46)29-35-21-16-15-17-22-35/h15-17,21-22,24,28,31-34,36-38,40-43H,12-14,18-20,23,25-27,29-30,48H2,1-11H3,(H,50,56)(H,51,57)/t33-,34+,36-,37-,38+,40-,41-,42-,43+/m0/s1. The predicted molar refractivity (Wildman–Crippen MR) is 246 cm³/mol. The van der Waals surface area contributed by atoms with Crippen LogP contribution in [0, 0.1) is 23.7 Å². The Morgan fingerprint density at radius 3 is 2.21 bits per heavy atom. The monoisotopic (exact) mass is 886 g/mol. The molecule has 0 radical (unpaired) electrons. The van der Waals surface area contributed by atoms with Crippen molar-refractivity contribution in [2.75, 3.05) is 48.0 Å². The topological polar surface area (TPSA) is 169 Å². The van der Waals surface area contributed by atoms with E-state index in [0.29, 0.717) is 26.0 Å². The third kappa shape index (κ3) is 15.1. The molecule has 62 heavy (non-hydrogen) atoms. The number of benzene rings is 1. The third-order valence-electron chi connectivity index (χ3n) is 12.7. The van der Waals surface area contributed by atoms with Gasteiger partial charge in [-0.2, -0.15) is 0 Å². The van der Waals surface area contributed by atoms with Gasteiger partial charge in [-0.25, -0.2) is 10.9 Å². The maximum absolute atomic E-state index is 14.5. The van der Waals surface area contributed by atoms with Crippen LogP contribution in [0.5, 0.6) is 0 Å². The Hall–Kier alpha value is -3.47. The molecule has 0 aliphatic carbocycles. The smallest absolute Gasteiger partial charge is 0.245 e. The molecule has 1 aromatic heterocycles. The highest BCUT2D eigenvalue weighted by atomic mass is 32.1. The Kier molecular flexibility index (Phi) is 23.0. The molecule has 0 saturated carbocycles. The average molecular weight is 886 g/mol. The minimum absolute atomic E-state index is 0.0209. The number of carbonyl (C=O) groups excluding carboxylic acids is 4. The van der Waals surface area contributed by atoms with E-state index in [1.807, 2.05) is 82.3 Å². The first kappa shape index (κ1) is 52.9. The van der Waals surface area contributed by atoms with Crippen molar-refractivity contribution in [1.82, 2.24) is 30.3 Å². The van der Waals surface area contributed by atoms with E-state index in [9.17, 15) is 19.2 Å². The summed E-state index contributed by atoms with van der Waals surface area (Å²) in [5.41, 5.74) is 1.09. The van der Waals surface area contributed by atoms with E-state index in [-0.39, 0.29) is 59.9 Å². The average Bonchev–Trinajstić information content (AvgIpc) is 3.97. The van der Waals surface area contributed by atoms with Crippen molar-refractivity contribution >= 4 is 35.0 Å². The lowest BCUT2D eigenvalue weighted by molar-refractivity contribution is -0.148. The number of nitrogens with zero attached hydrogens (tertiary/aromatic N) is 4. The molecule has 15 heteroatoms. The number of ether oxygens (including phenoxy) is 2. The van der Waals surface area contributed by atoms with Gasteiger partial charge >= 0.3 is 0 Å². The second kappa shape index (κ2) is 27.0. The van der Waals surface area contributed by atoms with Crippen molar-refractivity contribution in [1.29, 1.82) is 0 Å². The van der Waals surface area contributed by atoms with Gasteiger partial charge in [0.25, 0.3) is 0 Å². The Balaban J connectivity index is 1.75. The molecule has 0 spiro atoms. The highest BCUT2D eigenvalue weighted by molar-refractivity contribution is 7.09. The quantitative estimate of drug-likeness (QED) is 0.0680. The number of nitrogens with one attached hydrogen (secondary N) is 2. The van der Waals surface area contributed by atoms with Crippen LogP contribution in [0.25, 0.3) is 0 Å². The predicted octanol–water partition coefficient (Wildman–Crippen LogP) is 6.01. The van der Waals surface area contributed by atoms with Crippen LogP contribution in [0.15, 0.2) is 41.9 Å². The molecule has 4 N–H and O–H groups in total. The van der Waals surface area contributed by atoms with E-state index in [1.54, 1.807) is 32.4 Å². The second-order valence-corrected chi connectivity index (χ2v) is 18.8. The van der Waals surface area contributed by atoms with Crippen molar-refractivity contribution in [3.63, 3.8) is 0 Å². The molecule has 350 valence electrons. The number of hydrogen-bond donors (Lipinski definition) is 3. The van der Waals surface area contributed by atoms with E-state index in [4.69, 9.17) is 15.4 Å². The minimum atomic E-state index is -0.779. The fourth-order valence-electron chi connectivity index (χ4n) is 9.09. The third-order valence-corrected chi connectivity index (χ3v) is 13.6. The summed E-state index contributed by atoms with van der Waals surface area (Å²) in [7, 11) is 6.91. The molecule has 1 aliphatic heterocycles. The van der Waals surface area contributed by atoms with Crippen LogP contribution in [0.1, 0.15) is 116 Å². The molecular formula is C47H79N7O7S. The lowest BCUT2D eigenvalue weighted by Crippen LogP contribution is -2.60. The van der Waals surface area contributed by atoms with E-state index < -0.39 is 36.3 Å². The maximum Gasteiger partial charge on any atom is 0.245 e. The van der Waals surface area contributed by atoms with Crippen LogP contribution in [-0.4, -0.2) is 128 Å². The molecule has 0 unspecified atom stereocenters. The zero-order valence-electron chi connectivity index (χ0n) is 39.5. The fraction of sp³-hybridized carbons (Fsp3) is 0.723. The molecule has 0 bridgehead atoms. The van der Waals surface area contributed by atoms with Crippen molar-refractivity contribution in [3.05, 3.63) is 52.5 Å². The Morgan fingerprint density at radius 1 is 0.935 bits per heavy atom. The van der Waals surface area contributed by atoms with Gasteiger partial charge in [0, 0.05) is 39.4 Å². The molecule has 1 aromatic carbocycles. The van der Waals surface area contributed by atoms with Gasteiger partial charge in [0.1, 0.15) is 11.0 Å². The minimum Gasteiger partial charge on any atom is -0.379 e. The largest absolute Gasteiger partial charge is 0.379 e. The van der Waals surface area contributed by atoms with Crippen molar-refractivity contribution in [2.45, 2.75) is 149 Å². The molecule has 4 amide bonds. The summed E-state index contributed by atoms with van der Waals surface area (Å²) in [6, 6.07) is 7.74. The van der Waals surface area contributed by atoms with Gasteiger partial charge < -0.3 is 34.7 Å². The number of likely N-dealkylation sites (N-methyl/N-ethyl adjacent to an activating group) is 2. The number of likely N-dealkylation sites (tertiary alicyclic amines) is 1. The van der Waals surface area contributed by atoms with Crippen LogP contribution >= 0.6 is 11.3 Å². The second-order valence-electron chi connectivity index (χ2n) is 17.9. The van der Waals surface area contributed by atoms with E-state index in [2.05, 4.69) is 39.2 Å². The SMILES string of the molecule is CC[C@H](C)[C@@H]([C@@H](CC(=O)N1CCC[C@H]1[C@H](OC)[C@@H](C)C(=O)N[C@@H](Cc1ccccc1)c1nccs1)OC)N(C)C(=O)[C@@H](NC(=O)[C@H](C(C)C)N(C)CCCCCCON)C(C)C. The normalized spacial score (nSPS) is 18.2. The zero-order chi connectivity index (χ0) is 45.9. The first-order valence-corrected chi connectivity index (χ1v) is 23.7. The van der Waals surface area contributed by atoms with Gasteiger partial charge in [0.15, 0.2) is 0 Å². The number of hydrogen-bond acceptors (Lipinski definition) is 11. The van der Waals surface area contributed by atoms with E-state index in [0.717, 1.165) is 55.6 Å². The molecule has 9 atom stereocenters. The molecule has 2 aromatic rings. The number of aromatic nitrogens is 1. The molecule has 2 heterocycles. The van der Waals surface area contributed by atoms with Gasteiger partial charge in [-0.05, 0) is 69.0 Å². The summed E-state index contributed by atoms with van der Waals surface area (Å²) in [4.78, 5) is 71.8. The van der Waals surface area contributed by atoms with Crippen molar-refractivity contribution < 1.29 is 33.5 Å². The van der Waals surface area contributed by atoms with Crippen LogP contribution in [0.3, 0.4) is 0 Å². The van der Waals surface area contributed by atoms with Gasteiger partial charge in [-0.1, -0.05) is 98.1 Å². The summed E-state index contributed by atoms with van der Waals surface area (Å²) in [5, 5.41) is 9.12. The van der Waals surface area contributed by atoms with Gasteiger partial charge in [0.2, 0.25) is 23.6 Å². The summed E-state index contributed by atoms with van der Waals surface area (Å²) in [6.07, 6.45) is 7.25. The molecule has 1 saturated heterocycles. The maximum atomic E-state index is 14.5. The highest BCUT2D eigenvalue weighted by Crippen LogP contribution is 2.31. The van der Waals surface area contributed by atoms with Crippen molar-refractivity contribution in [3.8, 4) is 0 Å². The summed E-state index contributed by atoms with van der Waals surface area (Å²) in [5.74, 6) is 3.72. The van der Waals surface area contributed by atoms with Gasteiger partial charge in [-0.15, -0.1) is 11.3 Å². The van der Waals surface area contributed by atoms with Crippen LogP contribution in [0.2, 0.25) is 0 Å². The van der Waals surface area contributed by atoms with Crippen molar-refractivity contribution in [2.24, 2.45) is 29.6 Å². The number of nitrogens with two attached hydrogens (primary N) is 1. The van der Waals surface area contributed by atoms with Gasteiger partial charge in [0.05, 0.1) is 55.3 Å². The Morgan fingerprint density at radius 2 is 1.63 bits per heavy atom. The van der Waals surface area contributed by atoms with Crippen LogP contribution in [0.4, 0.5) is 0 Å². The Bertz CT molecular complexity index is 1620. The number of amides is 4. The van der Waals surface area contributed by atoms with Crippen LogP contribution < -0.4 is 16.5 Å². The lowest BCUT2D eigenvalue weighted by atomic mass is 9.89. The number of thiazole rings is 1. The number of rotatable bonds is 28. The molecule has 3 rings (SSSR count). The molecular weight excluding hydrogens is 807 g/mol. The van der Waals surface area contributed by atoms with E-state index >= 15 is 0 Å². The fourth-order valence-corrected chi connectivity index (χ4v) is 9.78. The lowest BCUT2D eigenvalue weighted by Gasteiger charge is -2.41. The van der Waals surface area contributed by atoms with E-state index in [1.165, 1.54) is 11.3 Å². The number of methoxy groups -OCH3 is 2. The molecule has 1 aliphatic rings. The highest BCUT2D eigenvalue weighted by Gasteiger charge is 2.43. The molecule has 1 fully saturated rings. The van der Waals surface area contributed by atoms with Gasteiger partial charge in [-0.3, -0.25) is 24.1 Å². The summed E-state index contributed by atoms with van der Waals surface area (Å²) < 4.78 is 12.2. The first-order valence-electron chi connectivity index (χ1n) is 22.8. The Labute approximate surface area is 376 Å².